The number of carbonyl (C=O) groups is 3. The number of aliphatic carboxylic acids is 1. The molecule has 3 unspecified atom stereocenters. The fourth-order valence-corrected chi connectivity index (χ4v) is 6.96. The lowest BCUT2D eigenvalue weighted by molar-refractivity contribution is -0.147. The van der Waals surface area contributed by atoms with Crippen molar-refractivity contribution in [3.8, 4) is 0 Å². The average molecular weight is 816 g/mol. The molecule has 0 heterocycles. The van der Waals surface area contributed by atoms with Crippen LogP contribution in [0.2, 0.25) is 0 Å². The molecule has 0 spiro atoms. The summed E-state index contributed by atoms with van der Waals surface area (Å²) in [5.74, 6) is -2.38. The van der Waals surface area contributed by atoms with Gasteiger partial charge in [-0.3, -0.25) is 18.6 Å². The minimum Gasteiger partial charge on any atom is -0.480 e. The quantitative estimate of drug-likeness (QED) is 0.0201. The zero-order valence-corrected chi connectivity index (χ0v) is 36.3. The van der Waals surface area contributed by atoms with E-state index in [4.69, 9.17) is 13.8 Å². The van der Waals surface area contributed by atoms with Crippen LogP contribution in [0, 0.1) is 0 Å². The molecule has 0 saturated carbocycles. The number of ether oxygens (including phenoxy) is 1. The number of allylic oxidation sites excluding steroid dienone is 4. The first-order valence-electron chi connectivity index (χ1n) is 22.4. The number of esters is 1. The van der Waals surface area contributed by atoms with Crippen LogP contribution in [0.3, 0.4) is 0 Å². The van der Waals surface area contributed by atoms with Gasteiger partial charge in [-0.2, -0.15) is 0 Å². The van der Waals surface area contributed by atoms with Crippen LogP contribution in [-0.4, -0.2) is 64.9 Å². The van der Waals surface area contributed by atoms with Crippen molar-refractivity contribution in [2.75, 3.05) is 19.8 Å². The van der Waals surface area contributed by atoms with E-state index in [2.05, 4.69) is 43.5 Å². The Morgan fingerprint density at radius 3 is 1.38 bits per heavy atom. The van der Waals surface area contributed by atoms with Gasteiger partial charge < -0.3 is 25.2 Å². The SMILES string of the molecule is CCCCCC/C=C\CCCCCCCC(=O)NC(COP(=O)(O)OCC(O)COC(=O)CCCCCCCCCCC/C=C/CCCCCCCC)C(=O)O. The molecule has 0 bridgehead atoms. The van der Waals surface area contributed by atoms with Gasteiger partial charge in [0.25, 0.3) is 0 Å². The number of amides is 1. The van der Waals surface area contributed by atoms with E-state index in [-0.39, 0.29) is 12.8 Å². The van der Waals surface area contributed by atoms with Crippen LogP contribution in [0.5, 0.6) is 0 Å². The van der Waals surface area contributed by atoms with E-state index in [1.807, 2.05) is 0 Å². The first-order chi connectivity index (χ1) is 27.1. The van der Waals surface area contributed by atoms with Gasteiger partial charge >= 0.3 is 19.8 Å². The summed E-state index contributed by atoms with van der Waals surface area (Å²) in [4.78, 5) is 45.9. The van der Waals surface area contributed by atoms with Gasteiger partial charge in [-0.25, -0.2) is 9.36 Å². The molecule has 328 valence electrons. The van der Waals surface area contributed by atoms with Crippen LogP contribution in [-0.2, 0) is 32.7 Å². The second-order valence-corrected chi connectivity index (χ2v) is 16.7. The van der Waals surface area contributed by atoms with Gasteiger partial charge in [-0.15, -0.1) is 0 Å². The highest BCUT2D eigenvalue weighted by Gasteiger charge is 2.28. The first kappa shape index (κ1) is 54.0. The highest BCUT2D eigenvalue weighted by atomic mass is 31.2. The van der Waals surface area contributed by atoms with Crippen LogP contribution in [0.1, 0.15) is 206 Å². The van der Waals surface area contributed by atoms with Gasteiger partial charge in [0, 0.05) is 12.8 Å². The third kappa shape index (κ3) is 38.8. The molecule has 4 N–H and O–H groups in total. The molecule has 0 aromatic carbocycles. The maximum absolute atomic E-state index is 12.3. The molecule has 0 aromatic heterocycles. The monoisotopic (exact) mass is 816 g/mol. The number of aliphatic hydroxyl groups is 1. The number of carboxylic acid groups (broad SMARTS) is 1. The van der Waals surface area contributed by atoms with Crippen LogP contribution in [0.25, 0.3) is 0 Å². The molecule has 0 radical (unpaired) electrons. The van der Waals surface area contributed by atoms with Gasteiger partial charge in [-0.1, -0.05) is 154 Å². The van der Waals surface area contributed by atoms with Crippen LogP contribution < -0.4 is 5.32 Å². The van der Waals surface area contributed by atoms with E-state index >= 15 is 0 Å². The average Bonchev–Trinajstić information content (AvgIpc) is 3.17. The van der Waals surface area contributed by atoms with Gasteiger partial charge in [0.2, 0.25) is 5.91 Å². The van der Waals surface area contributed by atoms with Crippen molar-refractivity contribution in [2.45, 2.75) is 219 Å². The summed E-state index contributed by atoms with van der Waals surface area (Å²) in [5.41, 5.74) is 0. The highest BCUT2D eigenvalue weighted by molar-refractivity contribution is 7.47. The first-order valence-corrected chi connectivity index (χ1v) is 23.9. The van der Waals surface area contributed by atoms with Crippen molar-refractivity contribution in [1.82, 2.24) is 5.32 Å². The molecule has 1 amide bonds. The van der Waals surface area contributed by atoms with E-state index in [9.17, 15) is 34.1 Å². The van der Waals surface area contributed by atoms with E-state index in [0.717, 1.165) is 57.8 Å². The van der Waals surface area contributed by atoms with Crippen molar-refractivity contribution in [2.24, 2.45) is 0 Å². The molecule has 56 heavy (non-hydrogen) atoms. The molecular formula is C44H82NO10P. The maximum atomic E-state index is 12.3. The maximum Gasteiger partial charge on any atom is 0.472 e. The lowest BCUT2D eigenvalue weighted by atomic mass is 10.1. The molecule has 0 rings (SSSR count). The minimum atomic E-state index is -4.75. The van der Waals surface area contributed by atoms with Gasteiger partial charge in [-0.05, 0) is 64.2 Å². The fraction of sp³-hybridized carbons (Fsp3) is 0.841. The molecule has 0 fully saturated rings. The molecule has 3 atom stereocenters. The van der Waals surface area contributed by atoms with E-state index < -0.39 is 57.6 Å². The number of nitrogens with one attached hydrogen (secondary N) is 1. The predicted octanol–water partition coefficient (Wildman–Crippen LogP) is 11.4. The molecule has 12 heteroatoms. The van der Waals surface area contributed by atoms with Crippen LogP contribution in [0.4, 0.5) is 0 Å². The zero-order chi connectivity index (χ0) is 41.4. The molecule has 11 nitrogen and oxygen atoms in total. The number of phosphoric ester groups is 1. The lowest BCUT2D eigenvalue weighted by Gasteiger charge is -2.18. The van der Waals surface area contributed by atoms with Gasteiger partial charge in [0.05, 0.1) is 13.2 Å². The number of rotatable bonds is 42. The summed E-state index contributed by atoms with van der Waals surface area (Å²) in [6, 6.07) is -1.55. The minimum absolute atomic E-state index is 0.137. The largest absolute Gasteiger partial charge is 0.480 e. The Bertz CT molecular complexity index is 1050. The number of unbranched alkanes of at least 4 members (excludes halogenated alkanes) is 24. The lowest BCUT2D eigenvalue weighted by Crippen LogP contribution is -2.43. The Morgan fingerprint density at radius 2 is 0.929 bits per heavy atom. The van der Waals surface area contributed by atoms with Crippen molar-refractivity contribution in [3.05, 3.63) is 24.3 Å². The van der Waals surface area contributed by atoms with E-state index in [1.165, 1.54) is 109 Å². The zero-order valence-electron chi connectivity index (χ0n) is 35.4. The number of carboxylic acids is 1. The standard InChI is InChI=1S/C44H82NO10P/c1-3-5-7-9-11-13-15-17-18-19-20-21-22-24-26-28-30-32-34-36-43(48)53-37-40(46)38-54-56(51,52)55-39-41(44(49)50)45-42(47)35-33-31-29-27-25-23-16-14-12-10-8-6-4-2/h14,16-18,40-41,46H,3-13,15,19-39H2,1-2H3,(H,45,47)(H,49,50)(H,51,52)/b16-14-,18-17+. The molecular weight excluding hydrogens is 733 g/mol. The van der Waals surface area contributed by atoms with Crippen LogP contribution >= 0.6 is 7.82 Å². The summed E-state index contributed by atoms with van der Waals surface area (Å²) in [7, 11) is -4.75. The molecule has 0 aliphatic rings. The Morgan fingerprint density at radius 1 is 0.554 bits per heavy atom. The Hall–Kier alpha value is -2.04. The number of hydrogen-bond donors (Lipinski definition) is 4. The number of carbonyl (C=O) groups excluding carboxylic acids is 2. The second kappa shape index (κ2) is 39.8. The molecule has 0 aromatic rings. The fourth-order valence-electron chi connectivity index (χ4n) is 6.19. The number of hydrogen-bond acceptors (Lipinski definition) is 8. The Kier molecular flexibility index (Phi) is 38.3. The van der Waals surface area contributed by atoms with Gasteiger partial charge in [0.1, 0.15) is 12.7 Å². The second-order valence-electron chi connectivity index (χ2n) is 15.2. The summed E-state index contributed by atoms with van der Waals surface area (Å²) in [6.45, 7) is 2.57. The van der Waals surface area contributed by atoms with E-state index in [1.54, 1.807) is 0 Å². The smallest absolute Gasteiger partial charge is 0.472 e. The summed E-state index contributed by atoms with van der Waals surface area (Å²) in [6.07, 6.45) is 40.6. The third-order valence-electron chi connectivity index (χ3n) is 9.71. The van der Waals surface area contributed by atoms with Crippen molar-refractivity contribution in [3.63, 3.8) is 0 Å². The topological polar surface area (TPSA) is 169 Å². The highest BCUT2D eigenvalue weighted by Crippen LogP contribution is 2.43. The van der Waals surface area contributed by atoms with Crippen molar-refractivity contribution >= 4 is 25.7 Å². The van der Waals surface area contributed by atoms with Crippen molar-refractivity contribution in [1.29, 1.82) is 0 Å². The van der Waals surface area contributed by atoms with E-state index in [0.29, 0.717) is 12.8 Å². The predicted molar refractivity (Wildman–Crippen MR) is 226 cm³/mol. The van der Waals surface area contributed by atoms with Crippen LogP contribution in [0.15, 0.2) is 24.3 Å². The Balaban J connectivity index is 3.87. The van der Waals surface area contributed by atoms with Crippen molar-refractivity contribution < 1.29 is 47.8 Å². The number of aliphatic hydroxyl groups excluding tert-OH is 1. The molecule has 0 aliphatic heterocycles. The van der Waals surface area contributed by atoms with Gasteiger partial charge in [0.15, 0.2) is 6.04 Å². The number of phosphoric acid groups is 1. The normalized spacial score (nSPS) is 13.9. The molecule has 0 aliphatic carbocycles. The summed E-state index contributed by atoms with van der Waals surface area (Å²) in [5, 5.41) is 21.8. The summed E-state index contributed by atoms with van der Waals surface area (Å²) >= 11 is 0. The Labute approximate surface area is 340 Å². The summed E-state index contributed by atoms with van der Waals surface area (Å²) < 4.78 is 26.8. The molecule has 0 saturated heterocycles. The third-order valence-corrected chi connectivity index (χ3v) is 10.7.